The van der Waals surface area contributed by atoms with Crippen LogP contribution in [-0.2, 0) is 18.6 Å². The number of pyridine rings is 1. The average molecular weight is 405 g/mol. The number of nitrogens with zero attached hydrogens (tertiary/aromatic N) is 4. The molecule has 2 aromatic heterocycles. The molecule has 5 heteroatoms. The van der Waals surface area contributed by atoms with Gasteiger partial charge in [0.25, 0.3) is 5.91 Å². The maximum Gasteiger partial charge on any atom is 0.274 e. The summed E-state index contributed by atoms with van der Waals surface area (Å²) in [6, 6.07) is 14.0. The minimum atomic E-state index is -0.192. The number of aryl methyl sites for hydroxylation is 1. The molecule has 0 radical (unpaired) electrons. The molecule has 0 saturated heterocycles. The number of benzene rings is 1. The Morgan fingerprint density at radius 1 is 1.10 bits per heavy atom. The monoisotopic (exact) mass is 404 g/mol. The summed E-state index contributed by atoms with van der Waals surface area (Å²) in [7, 11) is 0. The minimum absolute atomic E-state index is 0.0630. The molecule has 5 nitrogen and oxygen atoms in total. The minimum Gasteiger partial charge on any atom is -0.329 e. The highest BCUT2D eigenvalue weighted by Crippen LogP contribution is 2.25. The van der Waals surface area contributed by atoms with E-state index in [1.165, 1.54) is 5.56 Å². The Bertz CT molecular complexity index is 999. The van der Waals surface area contributed by atoms with Crippen molar-refractivity contribution in [2.75, 3.05) is 0 Å². The summed E-state index contributed by atoms with van der Waals surface area (Å²) in [6.07, 6.45) is 3.56. The van der Waals surface area contributed by atoms with Crippen molar-refractivity contribution in [3.05, 3.63) is 82.9 Å². The van der Waals surface area contributed by atoms with Crippen LogP contribution in [0.3, 0.4) is 0 Å². The first kappa shape index (κ1) is 21.8. The number of amides is 1. The van der Waals surface area contributed by atoms with Gasteiger partial charge < -0.3 is 4.90 Å². The van der Waals surface area contributed by atoms with Gasteiger partial charge in [0.1, 0.15) is 0 Å². The number of hydrogen-bond acceptors (Lipinski definition) is 3. The molecule has 0 aliphatic rings. The molecule has 1 amide bonds. The SMILES string of the molecule is Cc1ccccc1CN(Cc1cccnc1)C(=O)c1cc(C(C)C)n(C(C)(C)C)n1. The molecular formula is C25H32N4O. The normalized spacial score (nSPS) is 11.7. The van der Waals surface area contributed by atoms with Crippen LogP contribution in [0.5, 0.6) is 0 Å². The molecular weight excluding hydrogens is 372 g/mol. The van der Waals surface area contributed by atoms with Gasteiger partial charge in [0.15, 0.2) is 5.69 Å². The van der Waals surface area contributed by atoms with Gasteiger partial charge in [-0.05, 0) is 62.4 Å². The first-order chi connectivity index (χ1) is 14.2. The molecule has 0 spiro atoms. The van der Waals surface area contributed by atoms with Gasteiger partial charge in [-0.15, -0.1) is 0 Å². The maximum absolute atomic E-state index is 13.6. The van der Waals surface area contributed by atoms with E-state index in [0.717, 1.165) is 16.8 Å². The topological polar surface area (TPSA) is 51.0 Å². The fourth-order valence-electron chi connectivity index (χ4n) is 3.52. The zero-order chi connectivity index (χ0) is 21.9. The van der Waals surface area contributed by atoms with Gasteiger partial charge >= 0.3 is 0 Å². The molecule has 3 aromatic rings. The van der Waals surface area contributed by atoms with E-state index in [-0.39, 0.29) is 17.4 Å². The van der Waals surface area contributed by atoms with Crippen LogP contribution in [-0.4, -0.2) is 25.6 Å². The Hall–Kier alpha value is -2.95. The fourth-order valence-corrected chi connectivity index (χ4v) is 3.52. The third-order valence-corrected chi connectivity index (χ3v) is 5.19. The van der Waals surface area contributed by atoms with Crippen molar-refractivity contribution in [1.82, 2.24) is 19.7 Å². The number of carbonyl (C=O) groups is 1. The van der Waals surface area contributed by atoms with Crippen molar-refractivity contribution in [1.29, 1.82) is 0 Å². The number of carbonyl (C=O) groups excluding carboxylic acids is 1. The van der Waals surface area contributed by atoms with Gasteiger partial charge in [-0.1, -0.05) is 44.2 Å². The van der Waals surface area contributed by atoms with E-state index >= 15 is 0 Å². The van der Waals surface area contributed by atoms with Gasteiger partial charge in [-0.3, -0.25) is 14.5 Å². The Labute approximate surface area is 179 Å². The second kappa shape index (κ2) is 8.82. The standard InChI is InChI=1S/C25H32N4O/c1-18(2)23-14-22(27-29(23)25(4,5)6)24(30)28(16-20-11-9-13-26-15-20)17-21-12-8-7-10-19(21)3/h7-15,18H,16-17H2,1-6H3. The summed E-state index contributed by atoms with van der Waals surface area (Å²) < 4.78 is 1.99. The second-order valence-corrected chi connectivity index (χ2v) is 9.14. The van der Waals surface area contributed by atoms with Crippen LogP contribution >= 0.6 is 0 Å². The molecule has 0 aliphatic carbocycles. The van der Waals surface area contributed by atoms with Crippen LogP contribution in [0.1, 0.15) is 73.4 Å². The fraction of sp³-hybridized carbons (Fsp3) is 0.400. The van der Waals surface area contributed by atoms with Crippen LogP contribution in [0.15, 0.2) is 54.9 Å². The van der Waals surface area contributed by atoms with E-state index < -0.39 is 0 Å². The highest BCUT2D eigenvalue weighted by atomic mass is 16.2. The van der Waals surface area contributed by atoms with Crippen molar-refractivity contribution in [2.24, 2.45) is 0 Å². The highest BCUT2D eigenvalue weighted by Gasteiger charge is 2.26. The second-order valence-electron chi connectivity index (χ2n) is 9.14. The Morgan fingerprint density at radius 2 is 1.83 bits per heavy atom. The van der Waals surface area contributed by atoms with E-state index in [2.05, 4.69) is 58.7 Å². The molecule has 0 fully saturated rings. The van der Waals surface area contributed by atoms with Crippen LogP contribution in [0.25, 0.3) is 0 Å². The summed E-state index contributed by atoms with van der Waals surface area (Å²) in [5.41, 5.74) is 4.68. The molecule has 0 atom stereocenters. The molecule has 0 N–H and O–H groups in total. The van der Waals surface area contributed by atoms with E-state index in [0.29, 0.717) is 18.8 Å². The molecule has 1 aromatic carbocycles. The Balaban J connectivity index is 1.98. The van der Waals surface area contributed by atoms with Crippen LogP contribution in [0.2, 0.25) is 0 Å². The summed E-state index contributed by atoms with van der Waals surface area (Å²) in [5, 5.41) is 4.74. The molecule has 3 rings (SSSR count). The van der Waals surface area contributed by atoms with Gasteiger partial charge in [0.05, 0.1) is 5.54 Å². The molecule has 0 bridgehead atoms. The third kappa shape index (κ3) is 4.96. The van der Waals surface area contributed by atoms with E-state index in [4.69, 9.17) is 5.10 Å². The first-order valence-corrected chi connectivity index (χ1v) is 10.5. The quantitative estimate of drug-likeness (QED) is 0.560. The highest BCUT2D eigenvalue weighted by molar-refractivity contribution is 5.92. The van der Waals surface area contributed by atoms with Gasteiger partial charge in [-0.2, -0.15) is 5.10 Å². The molecule has 158 valence electrons. The zero-order valence-electron chi connectivity index (χ0n) is 18.9. The van der Waals surface area contributed by atoms with Crippen LogP contribution in [0.4, 0.5) is 0 Å². The van der Waals surface area contributed by atoms with Crippen molar-refractivity contribution < 1.29 is 4.79 Å². The first-order valence-electron chi connectivity index (χ1n) is 10.5. The summed E-state index contributed by atoms with van der Waals surface area (Å²) in [6.45, 7) is 13.7. The summed E-state index contributed by atoms with van der Waals surface area (Å²) >= 11 is 0. The maximum atomic E-state index is 13.6. The zero-order valence-corrected chi connectivity index (χ0v) is 18.9. The van der Waals surface area contributed by atoms with Crippen molar-refractivity contribution in [2.45, 2.75) is 66.1 Å². The predicted molar refractivity (Wildman–Crippen MR) is 120 cm³/mol. The van der Waals surface area contributed by atoms with E-state index in [9.17, 15) is 4.79 Å². The lowest BCUT2D eigenvalue weighted by Gasteiger charge is -2.24. The van der Waals surface area contributed by atoms with E-state index in [1.807, 2.05) is 46.1 Å². The molecule has 0 aliphatic heterocycles. The van der Waals surface area contributed by atoms with E-state index in [1.54, 1.807) is 6.20 Å². The average Bonchev–Trinajstić information content (AvgIpc) is 3.16. The summed E-state index contributed by atoms with van der Waals surface area (Å²) in [4.78, 5) is 19.7. The van der Waals surface area contributed by atoms with Crippen molar-refractivity contribution in [3.63, 3.8) is 0 Å². The number of hydrogen-bond donors (Lipinski definition) is 0. The lowest BCUT2D eigenvalue weighted by Crippen LogP contribution is -2.31. The lowest BCUT2D eigenvalue weighted by atomic mass is 10.1. The molecule has 0 saturated carbocycles. The van der Waals surface area contributed by atoms with Gasteiger partial charge in [0.2, 0.25) is 0 Å². The van der Waals surface area contributed by atoms with Crippen molar-refractivity contribution in [3.8, 4) is 0 Å². The largest absolute Gasteiger partial charge is 0.329 e. The van der Waals surface area contributed by atoms with Gasteiger partial charge in [-0.25, -0.2) is 0 Å². The number of aromatic nitrogens is 3. The molecule has 2 heterocycles. The smallest absolute Gasteiger partial charge is 0.274 e. The molecule has 30 heavy (non-hydrogen) atoms. The van der Waals surface area contributed by atoms with Crippen LogP contribution in [0, 0.1) is 6.92 Å². The Kier molecular flexibility index (Phi) is 6.40. The predicted octanol–water partition coefficient (Wildman–Crippen LogP) is 5.31. The summed E-state index contributed by atoms with van der Waals surface area (Å²) in [5.74, 6) is 0.216. The third-order valence-electron chi connectivity index (χ3n) is 5.19. The van der Waals surface area contributed by atoms with Crippen LogP contribution < -0.4 is 0 Å². The van der Waals surface area contributed by atoms with Gasteiger partial charge in [0, 0.05) is 31.2 Å². The van der Waals surface area contributed by atoms with Crippen molar-refractivity contribution >= 4 is 5.91 Å². The molecule has 0 unspecified atom stereocenters. The Morgan fingerprint density at radius 3 is 2.40 bits per heavy atom. The number of rotatable bonds is 6. The lowest BCUT2D eigenvalue weighted by molar-refractivity contribution is 0.0722.